The normalized spacial score (nSPS) is 31.2. The molecule has 4 heteroatoms. The topological polar surface area (TPSA) is 21.7 Å². The van der Waals surface area contributed by atoms with Crippen molar-refractivity contribution >= 4 is 11.3 Å². The predicted octanol–water partition coefficient (Wildman–Crippen LogP) is 3.22. The van der Waals surface area contributed by atoms with E-state index in [9.17, 15) is 0 Å². The molecule has 0 aromatic carbocycles. The van der Waals surface area contributed by atoms with Crippen LogP contribution in [0.5, 0.6) is 0 Å². The third kappa shape index (κ3) is 3.08. The molecule has 112 valence electrons. The fourth-order valence-electron chi connectivity index (χ4n) is 3.52. The summed E-state index contributed by atoms with van der Waals surface area (Å²) in [5.41, 5.74) is 1.48. The highest BCUT2D eigenvalue weighted by atomic mass is 32.1. The number of hydrogen-bond acceptors (Lipinski definition) is 4. The molecule has 20 heavy (non-hydrogen) atoms. The first-order valence-electron chi connectivity index (χ1n) is 7.72. The van der Waals surface area contributed by atoms with Crippen LogP contribution in [0.3, 0.4) is 0 Å². The van der Waals surface area contributed by atoms with Gasteiger partial charge in [-0.05, 0) is 50.2 Å². The number of nitrogens with zero attached hydrogens (tertiary/aromatic N) is 1. The maximum atomic E-state index is 6.16. The molecule has 3 heterocycles. The van der Waals surface area contributed by atoms with Crippen molar-refractivity contribution in [3.05, 3.63) is 21.9 Å². The summed E-state index contributed by atoms with van der Waals surface area (Å²) in [4.78, 5) is 4.07. The average Bonchev–Trinajstić information content (AvgIpc) is 2.99. The van der Waals surface area contributed by atoms with Crippen molar-refractivity contribution in [1.29, 1.82) is 0 Å². The number of likely N-dealkylation sites (tertiary alicyclic amines) is 1. The lowest BCUT2D eigenvalue weighted by Crippen LogP contribution is -2.47. The van der Waals surface area contributed by atoms with E-state index in [1.165, 1.54) is 29.8 Å². The zero-order valence-corrected chi connectivity index (χ0v) is 13.4. The van der Waals surface area contributed by atoms with Gasteiger partial charge in [0.25, 0.3) is 0 Å². The van der Waals surface area contributed by atoms with Gasteiger partial charge in [0.2, 0.25) is 0 Å². The molecule has 2 saturated heterocycles. The van der Waals surface area contributed by atoms with E-state index in [4.69, 9.17) is 9.47 Å². The van der Waals surface area contributed by atoms with E-state index in [1.807, 2.05) is 11.3 Å². The lowest BCUT2D eigenvalue weighted by atomic mass is 9.89. The standard InChI is InChI=1S/C16H25NO2S/c1-3-18-14-9-16(19-11-14)6-4-7-17(12-16)10-15-13(2)5-8-20-15/h5,8,14H,3-4,6-7,9-12H2,1-2H3/t14-,16-/m0/s1. The number of hydrogen-bond donors (Lipinski definition) is 0. The molecule has 3 rings (SSSR count). The third-order valence-electron chi connectivity index (χ3n) is 4.53. The van der Waals surface area contributed by atoms with Gasteiger partial charge in [-0.3, -0.25) is 4.90 Å². The third-order valence-corrected chi connectivity index (χ3v) is 5.54. The number of thiophene rings is 1. The molecular weight excluding hydrogens is 270 g/mol. The predicted molar refractivity (Wildman–Crippen MR) is 82.3 cm³/mol. The van der Waals surface area contributed by atoms with Crippen molar-refractivity contribution < 1.29 is 9.47 Å². The number of rotatable bonds is 4. The summed E-state index contributed by atoms with van der Waals surface area (Å²) in [6.45, 7) is 9.19. The molecule has 2 aliphatic rings. The Labute approximate surface area is 125 Å². The smallest absolute Gasteiger partial charge is 0.0836 e. The maximum absolute atomic E-state index is 6.16. The second-order valence-corrected chi connectivity index (χ2v) is 7.12. The fraction of sp³-hybridized carbons (Fsp3) is 0.750. The maximum Gasteiger partial charge on any atom is 0.0836 e. The minimum atomic E-state index is 0.0588. The molecule has 0 N–H and O–H groups in total. The molecule has 0 radical (unpaired) electrons. The van der Waals surface area contributed by atoms with Crippen LogP contribution in [0, 0.1) is 6.92 Å². The van der Waals surface area contributed by atoms with Gasteiger partial charge in [-0.2, -0.15) is 0 Å². The van der Waals surface area contributed by atoms with E-state index in [1.54, 1.807) is 0 Å². The minimum absolute atomic E-state index is 0.0588. The van der Waals surface area contributed by atoms with Gasteiger partial charge >= 0.3 is 0 Å². The van der Waals surface area contributed by atoms with Crippen LogP contribution in [0.4, 0.5) is 0 Å². The van der Waals surface area contributed by atoms with Gasteiger partial charge in [-0.1, -0.05) is 0 Å². The Bertz CT molecular complexity index is 447. The highest BCUT2D eigenvalue weighted by molar-refractivity contribution is 7.10. The van der Waals surface area contributed by atoms with E-state index in [0.717, 1.165) is 32.7 Å². The van der Waals surface area contributed by atoms with E-state index >= 15 is 0 Å². The van der Waals surface area contributed by atoms with Gasteiger partial charge < -0.3 is 9.47 Å². The fourth-order valence-corrected chi connectivity index (χ4v) is 4.47. The molecule has 1 aromatic heterocycles. The van der Waals surface area contributed by atoms with Crippen LogP contribution in [-0.4, -0.2) is 42.9 Å². The van der Waals surface area contributed by atoms with Crippen LogP contribution in [-0.2, 0) is 16.0 Å². The molecule has 0 aliphatic carbocycles. The second kappa shape index (κ2) is 6.14. The molecule has 3 nitrogen and oxygen atoms in total. The number of aryl methyl sites for hydroxylation is 1. The molecule has 0 unspecified atom stereocenters. The van der Waals surface area contributed by atoms with Gasteiger partial charge in [-0.25, -0.2) is 0 Å². The summed E-state index contributed by atoms with van der Waals surface area (Å²) in [5.74, 6) is 0. The summed E-state index contributed by atoms with van der Waals surface area (Å²) in [6, 6.07) is 2.22. The van der Waals surface area contributed by atoms with Crippen molar-refractivity contribution in [2.24, 2.45) is 0 Å². The molecule has 0 amide bonds. The highest BCUT2D eigenvalue weighted by Crippen LogP contribution is 2.36. The summed E-state index contributed by atoms with van der Waals surface area (Å²) >= 11 is 1.88. The van der Waals surface area contributed by atoms with Crippen molar-refractivity contribution in [2.75, 3.05) is 26.3 Å². The molecule has 1 spiro atoms. The average molecular weight is 295 g/mol. The number of ether oxygens (including phenoxy) is 2. The zero-order chi connectivity index (χ0) is 14.0. The Morgan fingerprint density at radius 1 is 1.55 bits per heavy atom. The lowest BCUT2D eigenvalue weighted by molar-refractivity contribution is -0.0543. The first kappa shape index (κ1) is 14.5. The van der Waals surface area contributed by atoms with E-state index < -0.39 is 0 Å². The van der Waals surface area contributed by atoms with Crippen LogP contribution in [0.15, 0.2) is 11.4 Å². The van der Waals surface area contributed by atoms with Crippen LogP contribution < -0.4 is 0 Å². The largest absolute Gasteiger partial charge is 0.376 e. The quantitative estimate of drug-likeness (QED) is 0.851. The van der Waals surface area contributed by atoms with E-state index in [0.29, 0.717) is 6.10 Å². The molecule has 2 fully saturated rings. The van der Waals surface area contributed by atoms with Gasteiger partial charge in [0.15, 0.2) is 0 Å². The van der Waals surface area contributed by atoms with Gasteiger partial charge in [-0.15, -0.1) is 11.3 Å². The molecular formula is C16H25NO2S. The van der Waals surface area contributed by atoms with Crippen LogP contribution in [0.25, 0.3) is 0 Å². The first-order valence-corrected chi connectivity index (χ1v) is 8.60. The van der Waals surface area contributed by atoms with Gasteiger partial charge in [0.05, 0.1) is 18.3 Å². The van der Waals surface area contributed by atoms with E-state index in [2.05, 4.69) is 30.2 Å². The molecule has 2 aliphatic heterocycles. The SMILES string of the molecule is CCO[C@@H]1CO[C@@]2(CCCN(Cc3sccc3C)C2)C1. The summed E-state index contributed by atoms with van der Waals surface area (Å²) in [6.07, 6.45) is 3.81. The Morgan fingerprint density at radius 3 is 3.20 bits per heavy atom. The van der Waals surface area contributed by atoms with Crippen molar-refractivity contribution in [3.8, 4) is 0 Å². The summed E-state index contributed by atoms with van der Waals surface area (Å²) in [5, 5.41) is 2.20. The molecule has 0 bridgehead atoms. The minimum Gasteiger partial charge on any atom is -0.376 e. The Hall–Kier alpha value is -0.420. The Balaban J connectivity index is 1.61. The number of piperidine rings is 1. The van der Waals surface area contributed by atoms with Crippen molar-refractivity contribution in [1.82, 2.24) is 4.90 Å². The Morgan fingerprint density at radius 2 is 2.45 bits per heavy atom. The van der Waals surface area contributed by atoms with Crippen molar-refractivity contribution in [2.45, 2.75) is 51.4 Å². The molecule has 2 atom stereocenters. The molecule has 1 aromatic rings. The van der Waals surface area contributed by atoms with Crippen LogP contribution in [0.2, 0.25) is 0 Å². The molecule has 0 saturated carbocycles. The van der Waals surface area contributed by atoms with Crippen LogP contribution in [0.1, 0.15) is 36.6 Å². The summed E-state index contributed by atoms with van der Waals surface area (Å²) in [7, 11) is 0. The van der Waals surface area contributed by atoms with Crippen molar-refractivity contribution in [3.63, 3.8) is 0 Å². The van der Waals surface area contributed by atoms with Crippen LogP contribution >= 0.6 is 11.3 Å². The zero-order valence-electron chi connectivity index (χ0n) is 12.6. The van der Waals surface area contributed by atoms with Gasteiger partial charge in [0.1, 0.15) is 0 Å². The monoisotopic (exact) mass is 295 g/mol. The first-order chi connectivity index (χ1) is 9.71. The summed E-state index contributed by atoms with van der Waals surface area (Å²) < 4.78 is 11.9. The second-order valence-electron chi connectivity index (χ2n) is 6.12. The lowest BCUT2D eigenvalue weighted by Gasteiger charge is -2.39. The highest BCUT2D eigenvalue weighted by Gasteiger charge is 2.43. The van der Waals surface area contributed by atoms with E-state index in [-0.39, 0.29) is 5.60 Å². The van der Waals surface area contributed by atoms with Gasteiger partial charge in [0, 0.05) is 31.0 Å². The Kier molecular flexibility index (Phi) is 4.46.